The lowest BCUT2D eigenvalue weighted by Gasteiger charge is -2.32. The fourth-order valence-corrected chi connectivity index (χ4v) is 3.34. The highest BCUT2D eigenvalue weighted by Gasteiger charge is 2.31. The summed E-state index contributed by atoms with van der Waals surface area (Å²) in [6.45, 7) is 1.91. The molecule has 1 atom stereocenters. The van der Waals surface area contributed by atoms with E-state index in [9.17, 15) is 14.4 Å². The van der Waals surface area contributed by atoms with Crippen LogP contribution in [-0.4, -0.2) is 35.4 Å². The average Bonchev–Trinajstić information content (AvgIpc) is 3.01. The summed E-state index contributed by atoms with van der Waals surface area (Å²) in [6.07, 6.45) is -0.454. The number of anilines is 2. The normalized spacial score (nSPS) is 16.0. The van der Waals surface area contributed by atoms with Crippen LogP contribution in [0, 0.1) is 0 Å². The van der Waals surface area contributed by atoms with Crippen LogP contribution in [0.15, 0.2) is 29.6 Å². The number of para-hydroxylation sites is 2. The van der Waals surface area contributed by atoms with Crippen molar-refractivity contribution in [1.29, 1.82) is 0 Å². The third-order valence-electron chi connectivity index (χ3n) is 3.79. The number of ether oxygens (including phenoxy) is 1. The van der Waals surface area contributed by atoms with Crippen LogP contribution < -0.4 is 20.7 Å². The van der Waals surface area contributed by atoms with Gasteiger partial charge in [-0.15, -0.1) is 11.3 Å². The summed E-state index contributed by atoms with van der Waals surface area (Å²) in [5.41, 5.74) is 6.29. The predicted molar refractivity (Wildman–Crippen MR) is 97.1 cm³/mol. The third kappa shape index (κ3) is 3.99. The number of carbonyl (C=O) groups is 3. The Morgan fingerprint density at radius 1 is 1.38 bits per heavy atom. The number of fused-ring (bicyclic) bond motifs is 1. The second-order valence-electron chi connectivity index (χ2n) is 5.80. The molecule has 0 spiro atoms. The Bertz CT molecular complexity index is 851. The van der Waals surface area contributed by atoms with Crippen LogP contribution in [0.3, 0.4) is 0 Å². The van der Waals surface area contributed by atoms with Crippen LogP contribution >= 0.6 is 11.3 Å². The predicted octanol–water partition coefficient (Wildman–Crippen LogP) is 1.31. The molecule has 1 aromatic heterocycles. The molecule has 3 amide bonds. The number of nitrogens with zero attached hydrogens (tertiary/aromatic N) is 2. The number of hydrogen-bond acceptors (Lipinski definition) is 6. The van der Waals surface area contributed by atoms with E-state index in [0.717, 1.165) is 0 Å². The van der Waals surface area contributed by atoms with Crippen LogP contribution in [0.1, 0.15) is 19.0 Å². The van der Waals surface area contributed by atoms with Crippen LogP contribution in [-0.2, 0) is 20.8 Å². The van der Waals surface area contributed by atoms with Crippen molar-refractivity contribution in [2.24, 2.45) is 5.73 Å². The molecule has 0 bridgehead atoms. The Morgan fingerprint density at radius 3 is 2.92 bits per heavy atom. The van der Waals surface area contributed by atoms with Crippen LogP contribution in [0.25, 0.3) is 0 Å². The molecular formula is C17H18N4O4S. The van der Waals surface area contributed by atoms with Crippen molar-refractivity contribution in [2.45, 2.75) is 25.9 Å². The molecule has 9 heteroatoms. The molecule has 0 radical (unpaired) electrons. The molecule has 0 saturated carbocycles. The minimum atomic E-state index is -0.594. The zero-order chi connectivity index (χ0) is 18.7. The molecule has 26 heavy (non-hydrogen) atoms. The zero-order valence-electron chi connectivity index (χ0n) is 14.1. The number of thiazole rings is 1. The van der Waals surface area contributed by atoms with Crippen molar-refractivity contribution in [3.8, 4) is 5.75 Å². The van der Waals surface area contributed by atoms with Gasteiger partial charge in [0.05, 0.1) is 17.8 Å². The van der Waals surface area contributed by atoms with Crippen LogP contribution in [0.2, 0.25) is 0 Å². The highest BCUT2D eigenvalue weighted by molar-refractivity contribution is 7.13. The zero-order valence-corrected chi connectivity index (χ0v) is 14.9. The summed E-state index contributed by atoms with van der Waals surface area (Å²) in [5.74, 6) is -0.313. The lowest BCUT2D eigenvalue weighted by Crippen LogP contribution is -2.45. The lowest BCUT2D eigenvalue weighted by molar-refractivity contribution is -0.125. The van der Waals surface area contributed by atoms with Gasteiger partial charge in [-0.25, -0.2) is 4.98 Å². The van der Waals surface area contributed by atoms with E-state index in [-0.39, 0.29) is 31.2 Å². The van der Waals surface area contributed by atoms with Crippen molar-refractivity contribution in [1.82, 2.24) is 4.98 Å². The summed E-state index contributed by atoms with van der Waals surface area (Å²) in [4.78, 5) is 41.1. The van der Waals surface area contributed by atoms with E-state index in [1.807, 2.05) is 12.1 Å². The van der Waals surface area contributed by atoms with E-state index in [0.29, 0.717) is 22.3 Å². The van der Waals surface area contributed by atoms with Gasteiger partial charge in [-0.05, 0) is 19.1 Å². The molecule has 1 aromatic carbocycles. The molecule has 3 N–H and O–H groups in total. The Kier molecular flexibility index (Phi) is 5.17. The summed E-state index contributed by atoms with van der Waals surface area (Å²) in [7, 11) is 0. The van der Waals surface area contributed by atoms with Crippen LogP contribution in [0.4, 0.5) is 10.8 Å². The smallest absolute Gasteiger partial charge is 0.267 e. The molecule has 2 aromatic rings. The van der Waals surface area contributed by atoms with Crippen molar-refractivity contribution >= 4 is 39.9 Å². The van der Waals surface area contributed by atoms with E-state index >= 15 is 0 Å². The SMILES string of the molecule is CC1Oc2ccccc2N(CCC(=O)Nc2nc(CC(N)=O)cs2)C1=O. The number of nitrogens with two attached hydrogens (primary N) is 1. The average molecular weight is 374 g/mol. The van der Waals surface area contributed by atoms with Gasteiger partial charge in [0.15, 0.2) is 11.2 Å². The molecule has 1 aliphatic heterocycles. The first-order valence-corrected chi connectivity index (χ1v) is 8.91. The number of benzene rings is 1. The Labute approximate surface area is 154 Å². The molecule has 136 valence electrons. The molecule has 1 unspecified atom stereocenters. The fraction of sp³-hybridized carbons (Fsp3) is 0.294. The van der Waals surface area contributed by atoms with Crippen molar-refractivity contribution in [2.75, 3.05) is 16.8 Å². The van der Waals surface area contributed by atoms with Gasteiger partial charge < -0.3 is 20.7 Å². The van der Waals surface area contributed by atoms with Gasteiger partial charge in [-0.3, -0.25) is 14.4 Å². The first-order chi connectivity index (χ1) is 12.4. The fourth-order valence-electron chi connectivity index (χ4n) is 2.61. The Morgan fingerprint density at radius 2 is 2.15 bits per heavy atom. The Hall–Kier alpha value is -2.94. The van der Waals surface area contributed by atoms with E-state index in [1.54, 1.807) is 29.3 Å². The molecule has 0 fully saturated rings. The van der Waals surface area contributed by atoms with E-state index in [2.05, 4.69) is 10.3 Å². The number of primary amides is 1. The molecule has 8 nitrogen and oxygen atoms in total. The van der Waals surface area contributed by atoms with Gasteiger partial charge in [-0.2, -0.15) is 0 Å². The van der Waals surface area contributed by atoms with Crippen LogP contribution in [0.5, 0.6) is 5.75 Å². The molecule has 0 aliphatic carbocycles. The molecule has 3 rings (SSSR count). The van der Waals surface area contributed by atoms with Gasteiger partial charge in [0.25, 0.3) is 5.91 Å². The summed E-state index contributed by atoms with van der Waals surface area (Å²) in [5, 5.41) is 4.74. The minimum absolute atomic E-state index is 0.0311. The number of hydrogen-bond donors (Lipinski definition) is 2. The molecule has 0 saturated heterocycles. The maximum Gasteiger partial charge on any atom is 0.267 e. The van der Waals surface area contributed by atoms with E-state index < -0.39 is 12.0 Å². The largest absolute Gasteiger partial charge is 0.479 e. The van der Waals surface area contributed by atoms with Gasteiger partial charge in [0, 0.05) is 18.3 Å². The number of nitrogens with one attached hydrogen (secondary N) is 1. The van der Waals surface area contributed by atoms with Crippen molar-refractivity contribution in [3.05, 3.63) is 35.3 Å². The van der Waals surface area contributed by atoms with Gasteiger partial charge in [-0.1, -0.05) is 12.1 Å². The lowest BCUT2D eigenvalue weighted by atomic mass is 10.1. The highest BCUT2D eigenvalue weighted by Crippen LogP contribution is 2.33. The van der Waals surface area contributed by atoms with Crippen molar-refractivity contribution < 1.29 is 19.1 Å². The number of amides is 3. The third-order valence-corrected chi connectivity index (χ3v) is 4.60. The van der Waals surface area contributed by atoms with Crippen molar-refractivity contribution in [3.63, 3.8) is 0 Å². The van der Waals surface area contributed by atoms with Gasteiger partial charge in [0.1, 0.15) is 5.75 Å². The van der Waals surface area contributed by atoms with Gasteiger partial charge in [0.2, 0.25) is 11.8 Å². The topological polar surface area (TPSA) is 115 Å². The first-order valence-electron chi connectivity index (χ1n) is 8.03. The Balaban J connectivity index is 1.61. The van der Waals surface area contributed by atoms with Gasteiger partial charge >= 0.3 is 0 Å². The maximum absolute atomic E-state index is 12.4. The summed E-state index contributed by atoms with van der Waals surface area (Å²) < 4.78 is 5.57. The molecule has 1 aliphatic rings. The highest BCUT2D eigenvalue weighted by atomic mass is 32.1. The number of rotatable bonds is 6. The monoisotopic (exact) mass is 374 g/mol. The van der Waals surface area contributed by atoms with E-state index in [4.69, 9.17) is 10.5 Å². The second-order valence-corrected chi connectivity index (χ2v) is 6.66. The standard InChI is InChI=1S/C17H18N4O4S/c1-10-16(24)21(12-4-2-3-5-13(12)25-10)7-6-15(23)20-17-19-11(9-26-17)8-14(18)22/h2-5,9-10H,6-8H2,1H3,(H2,18,22)(H,19,20,23). The minimum Gasteiger partial charge on any atom is -0.479 e. The molecular weight excluding hydrogens is 356 g/mol. The summed E-state index contributed by atoms with van der Waals surface area (Å²) >= 11 is 1.22. The number of carbonyl (C=O) groups excluding carboxylic acids is 3. The number of aromatic nitrogens is 1. The first kappa shape index (κ1) is 17.9. The molecule has 2 heterocycles. The summed E-state index contributed by atoms with van der Waals surface area (Å²) in [6, 6.07) is 7.22. The van der Waals surface area contributed by atoms with E-state index in [1.165, 1.54) is 11.3 Å². The quantitative estimate of drug-likeness (QED) is 0.791. The second kappa shape index (κ2) is 7.52. The maximum atomic E-state index is 12.4.